The molecule has 0 spiro atoms. The van der Waals surface area contributed by atoms with Gasteiger partial charge in [-0.25, -0.2) is 8.78 Å². The number of hydrogen-bond acceptors (Lipinski definition) is 3. The summed E-state index contributed by atoms with van der Waals surface area (Å²) in [5, 5.41) is 11.4. The van der Waals surface area contributed by atoms with E-state index in [4.69, 9.17) is 15.7 Å². The number of para-hydroxylation sites is 1. The van der Waals surface area contributed by atoms with Crippen LogP contribution in [-0.4, -0.2) is 11.0 Å². The van der Waals surface area contributed by atoms with E-state index in [0.717, 1.165) is 0 Å². The molecule has 0 saturated carbocycles. The van der Waals surface area contributed by atoms with Gasteiger partial charge in [0.05, 0.1) is 4.47 Å². The molecule has 0 aliphatic carbocycles. The Hall–Kier alpha value is -2.15. The van der Waals surface area contributed by atoms with Gasteiger partial charge >= 0.3 is 0 Å². The molecule has 7 heteroatoms. The van der Waals surface area contributed by atoms with Gasteiger partial charge < -0.3 is 15.7 Å². The third-order valence-corrected chi connectivity index (χ3v) is 3.26. The molecule has 3 N–H and O–H groups in total. The topological polar surface area (TPSA) is 67.8 Å². The van der Waals surface area contributed by atoms with Crippen LogP contribution in [0.25, 0.3) is 0 Å². The molecule has 0 amide bonds. The monoisotopic (exact) mass is 342 g/mol. The summed E-state index contributed by atoms with van der Waals surface area (Å²) in [6.07, 6.45) is 0. The van der Waals surface area contributed by atoms with Gasteiger partial charge in [-0.2, -0.15) is 0 Å². The molecule has 0 aliphatic heterocycles. The van der Waals surface area contributed by atoms with Crippen molar-refractivity contribution in [1.29, 1.82) is 0 Å². The summed E-state index contributed by atoms with van der Waals surface area (Å²) in [5.41, 5.74) is 5.55. The molecule has 0 fully saturated rings. The van der Waals surface area contributed by atoms with E-state index in [9.17, 15) is 8.78 Å². The molecule has 0 bridgehead atoms. The van der Waals surface area contributed by atoms with Gasteiger partial charge in [-0.3, -0.25) is 0 Å². The minimum absolute atomic E-state index is 0.0401. The average Bonchev–Trinajstić information content (AvgIpc) is 2.45. The highest BCUT2D eigenvalue weighted by Gasteiger charge is 2.16. The van der Waals surface area contributed by atoms with Crippen molar-refractivity contribution in [2.24, 2.45) is 10.9 Å². The van der Waals surface area contributed by atoms with E-state index in [1.54, 1.807) is 6.07 Å². The van der Waals surface area contributed by atoms with Gasteiger partial charge in [0, 0.05) is 5.56 Å². The number of nitrogens with zero attached hydrogens (tertiary/aromatic N) is 1. The zero-order chi connectivity index (χ0) is 14.7. The largest absolute Gasteiger partial charge is 0.451 e. The Balaban J connectivity index is 2.40. The highest BCUT2D eigenvalue weighted by atomic mass is 79.9. The molecular formula is C13H9BrF2N2O2. The van der Waals surface area contributed by atoms with Gasteiger partial charge in [-0.05, 0) is 40.2 Å². The summed E-state index contributed by atoms with van der Waals surface area (Å²) < 4.78 is 32.7. The number of amidine groups is 1. The number of hydrogen-bond donors (Lipinski definition) is 2. The number of rotatable bonds is 3. The van der Waals surface area contributed by atoms with Crippen LogP contribution < -0.4 is 10.5 Å². The van der Waals surface area contributed by atoms with Crippen molar-refractivity contribution >= 4 is 21.8 Å². The number of nitrogens with two attached hydrogens (primary N) is 1. The molecule has 104 valence electrons. The van der Waals surface area contributed by atoms with Crippen LogP contribution in [0, 0.1) is 11.6 Å². The SMILES string of the molecule is N/C(=N/O)c1ccc(Oc2ccccc2F)c(F)c1Br. The molecule has 2 aromatic carbocycles. The fourth-order valence-electron chi connectivity index (χ4n) is 1.51. The third kappa shape index (κ3) is 2.72. The van der Waals surface area contributed by atoms with Crippen molar-refractivity contribution in [3.05, 3.63) is 58.1 Å². The Morgan fingerprint density at radius 2 is 1.85 bits per heavy atom. The first kappa shape index (κ1) is 14.3. The second-order valence-corrected chi connectivity index (χ2v) is 4.55. The van der Waals surface area contributed by atoms with Crippen molar-refractivity contribution in [3.8, 4) is 11.5 Å². The summed E-state index contributed by atoms with van der Waals surface area (Å²) in [6.45, 7) is 0. The molecule has 4 nitrogen and oxygen atoms in total. The first-order valence-electron chi connectivity index (χ1n) is 5.43. The van der Waals surface area contributed by atoms with E-state index >= 15 is 0 Å². The summed E-state index contributed by atoms with van der Waals surface area (Å²) in [5.74, 6) is -1.93. The van der Waals surface area contributed by atoms with Gasteiger partial charge in [0.25, 0.3) is 0 Å². The Kier molecular flexibility index (Phi) is 4.19. The molecule has 0 aromatic heterocycles. The Bertz CT molecular complexity index is 677. The Labute approximate surface area is 121 Å². The van der Waals surface area contributed by atoms with E-state index in [2.05, 4.69) is 21.1 Å². The zero-order valence-electron chi connectivity index (χ0n) is 9.98. The second-order valence-electron chi connectivity index (χ2n) is 3.76. The Morgan fingerprint density at radius 3 is 2.50 bits per heavy atom. The van der Waals surface area contributed by atoms with Crippen LogP contribution >= 0.6 is 15.9 Å². The molecule has 2 aromatic rings. The van der Waals surface area contributed by atoms with Crippen molar-refractivity contribution in [2.75, 3.05) is 0 Å². The number of halogens is 3. The smallest absolute Gasteiger partial charge is 0.180 e. The van der Waals surface area contributed by atoms with Crippen LogP contribution in [0.3, 0.4) is 0 Å². The van der Waals surface area contributed by atoms with Gasteiger partial charge in [0.15, 0.2) is 29.0 Å². The maximum atomic E-state index is 14.1. The third-order valence-electron chi connectivity index (χ3n) is 2.49. The maximum Gasteiger partial charge on any atom is 0.180 e. The minimum Gasteiger partial charge on any atom is -0.451 e. The zero-order valence-corrected chi connectivity index (χ0v) is 11.6. The molecule has 0 radical (unpaired) electrons. The van der Waals surface area contributed by atoms with Crippen molar-refractivity contribution in [2.45, 2.75) is 0 Å². The molecule has 0 unspecified atom stereocenters. The first-order chi connectivity index (χ1) is 9.54. The van der Waals surface area contributed by atoms with Crippen LogP contribution in [0.15, 0.2) is 46.0 Å². The van der Waals surface area contributed by atoms with Crippen LogP contribution in [0.4, 0.5) is 8.78 Å². The quantitative estimate of drug-likeness (QED) is 0.387. The molecule has 0 atom stereocenters. The van der Waals surface area contributed by atoms with Crippen molar-refractivity contribution in [1.82, 2.24) is 0 Å². The van der Waals surface area contributed by atoms with Gasteiger partial charge in [-0.15, -0.1) is 0 Å². The molecule has 0 aliphatic rings. The van der Waals surface area contributed by atoms with Crippen molar-refractivity contribution < 1.29 is 18.7 Å². The van der Waals surface area contributed by atoms with Crippen LogP contribution in [0.2, 0.25) is 0 Å². The van der Waals surface area contributed by atoms with Crippen LogP contribution in [-0.2, 0) is 0 Å². The van der Waals surface area contributed by atoms with E-state index in [1.165, 1.54) is 30.3 Å². The normalized spacial score (nSPS) is 11.4. The van der Waals surface area contributed by atoms with E-state index < -0.39 is 11.6 Å². The lowest BCUT2D eigenvalue weighted by Gasteiger charge is -2.10. The number of oxime groups is 1. The number of ether oxygens (including phenoxy) is 1. The van der Waals surface area contributed by atoms with Crippen LogP contribution in [0.1, 0.15) is 5.56 Å². The predicted octanol–water partition coefficient (Wildman–Crippen LogP) is 3.61. The summed E-state index contributed by atoms with van der Waals surface area (Å²) in [4.78, 5) is 0. The molecule has 0 heterocycles. The minimum atomic E-state index is -0.780. The van der Waals surface area contributed by atoms with E-state index in [-0.39, 0.29) is 27.4 Å². The molecular weight excluding hydrogens is 334 g/mol. The summed E-state index contributed by atoms with van der Waals surface area (Å²) in [7, 11) is 0. The lowest BCUT2D eigenvalue weighted by molar-refractivity contribution is 0.318. The average molecular weight is 343 g/mol. The maximum absolute atomic E-state index is 14.1. The Morgan fingerprint density at radius 1 is 1.15 bits per heavy atom. The highest BCUT2D eigenvalue weighted by Crippen LogP contribution is 2.32. The molecule has 2 rings (SSSR count). The highest BCUT2D eigenvalue weighted by molar-refractivity contribution is 9.10. The lowest BCUT2D eigenvalue weighted by Crippen LogP contribution is -2.14. The van der Waals surface area contributed by atoms with Gasteiger partial charge in [-0.1, -0.05) is 17.3 Å². The fourth-order valence-corrected chi connectivity index (χ4v) is 2.04. The van der Waals surface area contributed by atoms with E-state index in [0.29, 0.717) is 0 Å². The predicted molar refractivity (Wildman–Crippen MR) is 73.1 cm³/mol. The van der Waals surface area contributed by atoms with Crippen LogP contribution in [0.5, 0.6) is 11.5 Å². The van der Waals surface area contributed by atoms with Crippen molar-refractivity contribution in [3.63, 3.8) is 0 Å². The summed E-state index contributed by atoms with van der Waals surface area (Å²) in [6, 6.07) is 8.29. The van der Waals surface area contributed by atoms with Gasteiger partial charge in [0.1, 0.15) is 0 Å². The van der Waals surface area contributed by atoms with E-state index in [1.807, 2.05) is 0 Å². The molecule has 20 heavy (non-hydrogen) atoms. The van der Waals surface area contributed by atoms with Gasteiger partial charge in [0.2, 0.25) is 0 Å². The first-order valence-corrected chi connectivity index (χ1v) is 6.22. The standard InChI is InChI=1S/C13H9BrF2N2O2/c14-11-7(13(17)18-19)5-6-10(12(11)16)20-9-4-2-1-3-8(9)15/h1-6,19H,(H2,17,18). The molecule has 0 saturated heterocycles. The fraction of sp³-hybridized carbons (Fsp3) is 0. The lowest BCUT2D eigenvalue weighted by atomic mass is 10.2. The number of benzene rings is 2. The summed E-state index contributed by atoms with van der Waals surface area (Å²) >= 11 is 2.98. The second kappa shape index (κ2) is 5.87.